The zero-order valence-electron chi connectivity index (χ0n) is 13.6. The third-order valence-electron chi connectivity index (χ3n) is 3.62. The van der Waals surface area contributed by atoms with Crippen LogP contribution in [0.2, 0.25) is 10.0 Å². The summed E-state index contributed by atoms with van der Waals surface area (Å²) in [4.78, 5) is 25.0. The normalized spacial score (nSPS) is 11.0. The van der Waals surface area contributed by atoms with Crippen molar-refractivity contribution in [3.05, 3.63) is 58.1 Å². The second-order valence-corrected chi connectivity index (χ2v) is 6.87. The van der Waals surface area contributed by atoms with Crippen molar-refractivity contribution in [3.8, 4) is 0 Å². The molecule has 24 heavy (non-hydrogen) atoms. The molecular weight excluding hydrogens is 347 g/mol. The summed E-state index contributed by atoms with van der Waals surface area (Å²) >= 11 is 11.9. The van der Waals surface area contributed by atoms with Gasteiger partial charge in [-0.1, -0.05) is 40.9 Å². The third-order valence-corrected chi connectivity index (χ3v) is 4.19. The maximum atomic E-state index is 12.5. The van der Waals surface area contributed by atoms with Gasteiger partial charge in [-0.25, -0.2) is 0 Å². The van der Waals surface area contributed by atoms with Crippen LogP contribution >= 0.6 is 23.2 Å². The number of nitrogens with one attached hydrogen (secondary N) is 2. The number of halogens is 2. The van der Waals surface area contributed by atoms with E-state index in [0.29, 0.717) is 21.4 Å². The standard InChI is InChI=1S/C18H18Cl2N2O2/c1-11-4-7-13(8-5-11)21-16(23)18(2,3)17(24)22-15-10-12(19)6-9-14(15)20/h4-10H,1-3H3,(H,21,23)(H,22,24). The van der Waals surface area contributed by atoms with Gasteiger partial charge < -0.3 is 10.6 Å². The highest BCUT2D eigenvalue weighted by molar-refractivity contribution is 6.36. The van der Waals surface area contributed by atoms with Crippen LogP contribution in [0.25, 0.3) is 0 Å². The molecule has 0 aliphatic carbocycles. The van der Waals surface area contributed by atoms with E-state index in [0.717, 1.165) is 5.56 Å². The van der Waals surface area contributed by atoms with Crippen LogP contribution in [-0.2, 0) is 9.59 Å². The summed E-state index contributed by atoms with van der Waals surface area (Å²) in [7, 11) is 0. The Balaban J connectivity index is 2.12. The summed E-state index contributed by atoms with van der Waals surface area (Å²) in [6.45, 7) is 5.05. The number of anilines is 2. The number of hydrogen-bond acceptors (Lipinski definition) is 2. The summed E-state index contributed by atoms with van der Waals surface area (Å²) in [5, 5.41) is 6.19. The molecule has 2 N–H and O–H groups in total. The molecule has 0 bridgehead atoms. The van der Waals surface area contributed by atoms with Gasteiger partial charge in [0.15, 0.2) is 0 Å². The lowest BCUT2D eigenvalue weighted by Crippen LogP contribution is -2.41. The SMILES string of the molecule is Cc1ccc(NC(=O)C(C)(C)C(=O)Nc2cc(Cl)ccc2Cl)cc1. The number of benzene rings is 2. The van der Waals surface area contributed by atoms with Crippen LogP contribution in [0, 0.1) is 12.3 Å². The van der Waals surface area contributed by atoms with E-state index in [-0.39, 0.29) is 0 Å². The zero-order chi connectivity index (χ0) is 17.9. The fraction of sp³-hybridized carbons (Fsp3) is 0.222. The highest BCUT2D eigenvalue weighted by atomic mass is 35.5. The first kappa shape index (κ1) is 18.3. The summed E-state index contributed by atoms with van der Waals surface area (Å²) < 4.78 is 0. The third kappa shape index (κ3) is 4.28. The van der Waals surface area contributed by atoms with E-state index < -0.39 is 17.2 Å². The quantitative estimate of drug-likeness (QED) is 0.757. The van der Waals surface area contributed by atoms with Crippen molar-refractivity contribution in [3.63, 3.8) is 0 Å². The summed E-state index contributed by atoms with van der Waals surface area (Å²) in [6, 6.07) is 12.1. The van der Waals surface area contributed by atoms with E-state index in [4.69, 9.17) is 23.2 Å². The van der Waals surface area contributed by atoms with Gasteiger partial charge in [0.2, 0.25) is 11.8 Å². The zero-order valence-corrected chi connectivity index (χ0v) is 15.1. The molecule has 0 aliphatic heterocycles. The van der Waals surface area contributed by atoms with Gasteiger partial charge in [0.05, 0.1) is 10.7 Å². The fourth-order valence-electron chi connectivity index (χ4n) is 1.90. The smallest absolute Gasteiger partial charge is 0.239 e. The highest BCUT2D eigenvalue weighted by Crippen LogP contribution is 2.28. The number of amides is 2. The van der Waals surface area contributed by atoms with Crippen LogP contribution in [0.4, 0.5) is 11.4 Å². The fourth-order valence-corrected chi connectivity index (χ4v) is 2.24. The van der Waals surface area contributed by atoms with E-state index in [1.165, 1.54) is 6.07 Å². The van der Waals surface area contributed by atoms with Crippen molar-refractivity contribution in [2.24, 2.45) is 5.41 Å². The van der Waals surface area contributed by atoms with Crippen LogP contribution in [0.5, 0.6) is 0 Å². The summed E-state index contributed by atoms with van der Waals surface area (Å²) in [5.41, 5.74) is 0.787. The maximum absolute atomic E-state index is 12.5. The molecule has 0 saturated carbocycles. The van der Waals surface area contributed by atoms with Gasteiger partial charge in [-0.3, -0.25) is 9.59 Å². The average Bonchev–Trinajstić information content (AvgIpc) is 2.53. The van der Waals surface area contributed by atoms with Crippen LogP contribution < -0.4 is 10.6 Å². The number of carbonyl (C=O) groups is 2. The van der Waals surface area contributed by atoms with Crippen molar-refractivity contribution in [2.45, 2.75) is 20.8 Å². The van der Waals surface area contributed by atoms with Gasteiger partial charge in [-0.05, 0) is 51.1 Å². The molecule has 0 fully saturated rings. The van der Waals surface area contributed by atoms with Crippen LogP contribution in [0.15, 0.2) is 42.5 Å². The van der Waals surface area contributed by atoms with E-state index >= 15 is 0 Å². The van der Waals surface area contributed by atoms with Gasteiger partial charge in [0, 0.05) is 10.7 Å². The van der Waals surface area contributed by atoms with E-state index in [1.54, 1.807) is 38.1 Å². The lowest BCUT2D eigenvalue weighted by Gasteiger charge is -2.23. The molecule has 0 aliphatic rings. The number of carbonyl (C=O) groups excluding carboxylic acids is 2. The van der Waals surface area contributed by atoms with Gasteiger partial charge in [0.1, 0.15) is 5.41 Å². The van der Waals surface area contributed by atoms with Gasteiger partial charge in [0.25, 0.3) is 0 Å². The lowest BCUT2D eigenvalue weighted by atomic mass is 9.90. The van der Waals surface area contributed by atoms with E-state index in [1.807, 2.05) is 19.1 Å². The Bertz CT molecular complexity index is 771. The molecule has 0 saturated heterocycles. The molecule has 0 heterocycles. The van der Waals surface area contributed by atoms with E-state index in [9.17, 15) is 9.59 Å². The molecule has 2 aromatic rings. The minimum atomic E-state index is -1.30. The summed E-state index contributed by atoms with van der Waals surface area (Å²) in [5.74, 6) is -0.890. The van der Waals surface area contributed by atoms with Crippen LogP contribution in [-0.4, -0.2) is 11.8 Å². The number of rotatable bonds is 4. The molecule has 0 atom stereocenters. The van der Waals surface area contributed by atoms with Crippen molar-refractivity contribution in [1.82, 2.24) is 0 Å². The Morgan fingerprint density at radius 3 is 2.12 bits per heavy atom. The first-order valence-corrected chi connectivity index (χ1v) is 8.10. The Kier molecular flexibility index (Phi) is 5.52. The molecule has 0 radical (unpaired) electrons. The molecule has 2 amide bonds. The van der Waals surface area contributed by atoms with Gasteiger partial charge in [-0.15, -0.1) is 0 Å². The van der Waals surface area contributed by atoms with Gasteiger partial charge >= 0.3 is 0 Å². The highest BCUT2D eigenvalue weighted by Gasteiger charge is 2.36. The molecule has 0 spiro atoms. The molecule has 6 heteroatoms. The molecule has 0 unspecified atom stereocenters. The second-order valence-electron chi connectivity index (χ2n) is 6.02. The largest absolute Gasteiger partial charge is 0.325 e. The second kappa shape index (κ2) is 7.24. The molecule has 0 aromatic heterocycles. The Labute approximate surface area is 151 Å². The minimum Gasteiger partial charge on any atom is -0.325 e. The average molecular weight is 365 g/mol. The van der Waals surface area contributed by atoms with E-state index in [2.05, 4.69) is 10.6 Å². The van der Waals surface area contributed by atoms with Crippen molar-refractivity contribution >= 4 is 46.4 Å². The van der Waals surface area contributed by atoms with Crippen molar-refractivity contribution < 1.29 is 9.59 Å². The predicted octanol–water partition coefficient (Wildman–Crippen LogP) is 4.91. The maximum Gasteiger partial charge on any atom is 0.239 e. The predicted molar refractivity (Wildman–Crippen MR) is 98.7 cm³/mol. The molecule has 4 nitrogen and oxygen atoms in total. The van der Waals surface area contributed by atoms with Crippen molar-refractivity contribution in [1.29, 1.82) is 0 Å². The van der Waals surface area contributed by atoms with Crippen LogP contribution in [0.3, 0.4) is 0 Å². The molecular formula is C18H18Cl2N2O2. The van der Waals surface area contributed by atoms with Crippen molar-refractivity contribution in [2.75, 3.05) is 10.6 Å². The first-order chi connectivity index (χ1) is 11.2. The number of aryl methyl sites for hydroxylation is 1. The minimum absolute atomic E-state index is 0.350. The van der Waals surface area contributed by atoms with Gasteiger partial charge in [-0.2, -0.15) is 0 Å². The monoisotopic (exact) mass is 364 g/mol. The summed E-state index contributed by atoms with van der Waals surface area (Å²) in [6.07, 6.45) is 0. The number of hydrogen-bond donors (Lipinski definition) is 2. The molecule has 2 rings (SSSR count). The first-order valence-electron chi connectivity index (χ1n) is 7.35. The Morgan fingerprint density at radius 1 is 0.917 bits per heavy atom. The molecule has 2 aromatic carbocycles. The lowest BCUT2D eigenvalue weighted by molar-refractivity contribution is -0.135. The molecule has 126 valence electrons. The topological polar surface area (TPSA) is 58.2 Å². The Hall–Kier alpha value is -2.04. The Morgan fingerprint density at radius 2 is 1.50 bits per heavy atom. The van der Waals surface area contributed by atoms with Crippen LogP contribution in [0.1, 0.15) is 19.4 Å².